The third kappa shape index (κ3) is 1.83. The summed E-state index contributed by atoms with van der Waals surface area (Å²) in [4.78, 5) is 4.32. The summed E-state index contributed by atoms with van der Waals surface area (Å²) >= 11 is 0. The van der Waals surface area contributed by atoms with E-state index in [9.17, 15) is 0 Å². The first-order valence-electron chi connectivity index (χ1n) is 6.38. The average Bonchev–Trinajstić information content (AvgIpc) is 2.88. The highest BCUT2D eigenvalue weighted by Gasteiger charge is 2.23. The number of fused-ring (bicyclic) bond motifs is 1. The van der Waals surface area contributed by atoms with Crippen LogP contribution < -0.4 is 10.1 Å². The van der Waals surface area contributed by atoms with Gasteiger partial charge in [-0.2, -0.15) is 0 Å². The monoisotopic (exact) mass is 243 g/mol. The van der Waals surface area contributed by atoms with E-state index in [-0.39, 0.29) is 0 Å². The van der Waals surface area contributed by atoms with Crippen LogP contribution >= 0.6 is 0 Å². The Hall–Kier alpha value is -1.97. The van der Waals surface area contributed by atoms with Crippen LogP contribution in [0.2, 0.25) is 0 Å². The molecule has 0 fully saturated rings. The molecule has 0 radical (unpaired) electrons. The van der Waals surface area contributed by atoms with Gasteiger partial charge in [0.15, 0.2) is 0 Å². The number of imidazole rings is 1. The summed E-state index contributed by atoms with van der Waals surface area (Å²) in [6.07, 6.45) is 4.91. The molecule has 1 aromatic heterocycles. The molecule has 1 aromatic carbocycles. The second kappa shape index (κ2) is 4.72. The van der Waals surface area contributed by atoms with Crippen molar-refractivity contribution in [2.24, 2.45) is 0 Å². The molecule has 0 amide bonds. The minimum Gasteiger partial charge on any atom is -0.494 e. The lowest BCUT2D eigenvalue weighted by Gasteiger charge is -2.27. The van der Waals surface area contributed by atoms with Crippen LogP contribution in [0.25, 0.3) is 0 Å². The van der Waals surface area contributed by atoms with Crippen LogP contribution in [0.3, 0.4) is 0 Å². The number of hydrogen-bond acceptors (Lipinski definition) is 3. The van der Waals surface area contributed by atoms with E-state index in [0.717, 1.165) is 24.7 Å². The smallest absolute Gasteiger partial charge is 0.203 e. The van der Waals surface area contributed by atoms with E-state index in [2.05, 4.69) is 27.0 Å². The number of ether oxygens (including phenoxy) is 1. The molecule has 1 N–H and O–H groups in total. The molecule has 94 valence electrons. The topological polar surface area (TPSA) is 39.1 Å². The third-order valence-electron chi connectivity index (χ3n) is 3.28. The second-order valence-corrected chi connectivity index (χ2v) is 4.36. The van der Waals surface area contributed by atoms with E-state index in [1.807, 2.05) is 31.5 Å². The highest BCUT2D eigenvalue weighted by Crippen LogP contribution is 2.34. The van der Waals surface area contributed by atoms with Crippen LogP contribution in [0, 0.1) is 0 Å². The van der Waals surface area contributed by atoms with Crippen molar-refractivity contribution >= 4 is 5.95 Å². The van der Waals surface area contributed by atoms with Gasteiger partial charge in [-0.05, 0) is 19.4 Å². The van der Waals surface area contributed by atoms with E-state index in [1.54, 1.807) is 0 Å². The van der Waals surface area contributed by atoms with Gasteiger partial charge in [-0.15, -0.1) is 0 Å². The molecule has 4 nitrogen and oxygen atoms in total. The normalized spacial score (nSPS) is 17.9. The lowest BCUT2D eigenvalue weighted by Crippen LogP contribution is -2.23. The van der Waals surface area contributed by atoms with Crippen LogP contribution in [0.4, 0.5) is 5.95 Å². The molecule has 1 aliphatic heterocycles. The minimum absolute atomic E-state index is 0.312. The van der Waals surface area contributed by atoms with Crippen molar-refractivity contribution in [1.29, 1.82) is 0 Å². The summed E-state index contributed by atoms with van der Waals surface area (Å²) in [5, 5.41) is 3.30. The van der Waals surface area contributed by atoms with Gasteiger partial charge in [0.25, 0.3) is 0 Å². The Morgan fingerprint density at radius 1 is 1.44 bits per heavy atom. The number of para-hydroxylation sites is 1. The maximum Gasteiger partial charge on any atom is 0.203 e. The Kier molecular flexibility index (Phi) is 2.92. The number of nitrogens with one attached hydrogen (secondary N) is 1. The second-order valence-electron chi connectivity index (χ2n) is 4.36. The molecule has 0 aliphatic carbocycles. The number of nitrogens with zero attached hydrogens (tertiary/aromatic N) is 2. The highest BCUT2D eigenvalue weighted by molar-refractivity contribution is 5.40. The molecule has 0 saturated carbocycles. The Bertz CT molecular complexity index is 535. The summed E-state index contributed by atoms with van der Waals surface area (Å²) in [5.74, 6) is 1.92. The molecule has 1 atom stereocenters. The van der Waals surface area contributed by atoms with Gasteiger partial charge in [-0.25, -0.2) is 4.98 Å². The van der Waals surface area contributed by atoms with Gasteiger partial charge < -0.3 is 14.6 Å². The zero-order valence-corrected chi connectivity index (χ0v) is 10.5. The zero-order chi connectivity index (χ0) is 12.4. The van der Waals surface area contributed by atoms with E-state index in [0.29, 0.717) is 12.6 Å². The summed E-state index contributed by atoms with van der Waals surface area (Å²) in [5.41, 5.74) is 1.24. The molecule has 3 rings (SSSR count). The average molecular weight is 243 g/mol. The third-order valence-corrected chi connectivity index (χ3v) is 3.28. The lowest BCUT2D eigenvalue weighted by molar-refractivity contribution is 0.330. The summed E-state index contributed by atoms with van der Waals surface area (Å²) in [6, 6.07) is 8.58. The van der Waals surface area contributed by atoms with E-state index in [1.165, 1.54) is 5.56 Å². The van der Waals surface area contributed by atoms with Crippen molar-refractivity contribution < 1.29 is 4.74 Å². The van der Waals surface area contributed by atoms with E-state index < -0.39 is 0 Å². The van der Waals surface area contributed by atoms with Crippen LogP contribution in [0.1, 0.15) is 24.9 Å². The van der Waals surface area contributed by atoms with Gasteiger partial charge in [0, 0.05) is 24.5 Å². The standard InChI is InChI=1S/C14H17N3O/c1-2-18-13-6-4-3-5-11(13)12-7-8-15-14-16-9-10-17(12)14/h3-6,9-10,12H,2,7-8H2,1H3,(H,15,16). The molecule has 2 aromatic rings. The highest BCUT2D eigenvalue weighted by atomic mass is 16.5. The maximum absolute atomic E-state index is 5.73. The van der Waals surface area contributed by atoms with Gasteiger partial charge in [0.05, 0.1) is 12.6 Å². The summed E-state index contributed by atoms with van der Waals surface area (Å²) in [7, 11) is 0. The predicted octanol–water partition coefficient (Wildman–Crippen LogP) is 2.69. The van der Waals surface area contributed by atoms with Crippen molar-refractivity contribution in [2.45, 2.75) is 19.4 Å². The first-order valence-corrected chi connectivity index (χ1v) is 6.38. The summed E-state index contributed by atoms with van der Waals surface area (Å²) < 4.78 is 7.91. The lowest BCUT2D eigenvalue weighted by atomic mass is 10.0. The van der Waals surface area contributed by atoms with Gasteiger partial charge in [0.1, 0.15) is 5.75 Å². The van der Waals surface area contributed by atoms with Crippen molar-refractivity contribution in [3.05, 3.63) is 42.2 Å². The van der Waals surface area contributed by atoms with Gasteiger partial charge >= 0.3 is 0 Å². The number of benzene rings is 1. The van der Waals surface area contributed by atoms with Crippen LogP contribution in [0.5, 0.6) is 5.75 Å². The number of rotatable bonds is 3. The number of anilines is 1. The van der Waals surface area contributed by atoms with Crippen molar-refractivity contribution in [1.82, 2.24) is 9.55 Å². The van der Waals surface area contributed by atoms with Gasteiger partial charge in [-0.1, -0.05) is 18.2 Å². The molecule has 1 aliphatic rings. The van der Waals surface area contributed by atoms with Crippen molar-refractivity contribution in [3.63, 3.8) is 0 Å². The SMILES string of the molecule is CCOc1ccccc1C1CCNc2nccn21. The Labute approximate surface area is 107 Å². The molecule has 1 unspecified atom stereocenters. The molecule has 0 saturated heterocycles. The predicted molar refractivity (Wildman–Crippen MR) is 71.1 cm³/mol. The molecular formula is C14H17N3O. The Morgan fingerprint density at radius 3 is 3.22 bits per heavy atom. The molecule has 0 spiro atoms. The first-order chi connectivity index (χ1) is 8.90. The van der Waals surface area contributed by atoms with Crippen LogP contribution in [-0.4, -0.2) is 22.7 Å². The largest absolute Gasteiger partial charge is 0.494 e. The number of aromatic nitrogens is 2. The fourth-order valence-electron chi connectivity index (χ4n) is 2.51. The molecule has 18 heavy (non-hydrogen) atoms. The van der Waals surface area contributed by atoms with E-state index >= 15 is 0 Å². The fourth-order valence-corrected chi connectivity index (χ4v) is 2.51. The molecular weight excluding hydrogens is 226 g/mol. The van der Waals surface area contributed by atoms with Crippen LogP contribution in [-0.2, 0) is 0 Å². The van der Waals surface area contributed by atoms with Gasteiger partial charge in [-0.3, -0.25) is 0 Å². The maximum atomic E-state index is 5.73. The van der Waals surface area contributed by atoms with Crippen LogP contribution in [0.15, 0.2) is 36.7 Å². The summed E-state index contributed by atoms with van der Waals surface area (Å²) in [6.45, 7) is 3.66. The van der Waals surface area contributed by atoms with Crippen molar-refractivity contribution in [2.75, 3.05) is 18.5 Å². The first kappa shape index (κ1) is 11.1. The van der Waals surface area contributed by atoms with E-state index in [4.69, 9.17) is 4.74 Å². The Morgan fingerprint density at radius 2 is 2.33 bits per heavy atom. The molecule has 2 heterocycles. The zero-order valence-electron chi connectivity index (χ0n) is 10.5. The molecule has 0 bridgehead atoms. The van der Waals surface area contributed by atoms with Gasteiger partial charge in [0.2, 0.25) is 5.95 Å². The fraction of sp³-hybridized carbons (Fsp3) is 0.357. The minimum atomic E-state index is 0.312. The quantitative estimate of drug-likeness (QED) is 0.900. The Balaban J connectivity index is 2.02. The van der Waals surface area contributed by atoms with Crippen molar-refractivity contribution in [3.8, 4) is 5.75 Å². The molecule has 4 heteroatoms. The number of hydrogen-bond donors (Lipinski definition) is 1.